The molecule has 0 aliphatic heterocycles. The summed E-state index contributed by atoms with van der Waals surface area (Å²) in [5, 5.41) is 4.85. The molecule has 1 N–H and O–H groups in total. The zero-order chi connectivity index (χ0) is 15.4. The minimum absolute atomic E-state index is 0.236. The molecule has 0 heterocycles. The van der Waals surface area contributed by atoms with E-state index in [-0.39, 0.29) is 12.1 Å². The molecule has 0 aliphatic rings. The Labute approximate surface area is 144 Å². The minimum Gasteiger partial charge on any atom is -0.303 e. The number of halogens is 3. The highest BCUT2D eigenvalue weighted by molar-refractivity contribution is 9.10. The van der Waals surface area contributed by atoms with Crippen LogP contribution in [0.3, 0.4) is 0 Å². The summed E-state index contributed by atoms with van der Waals surface area (Å²) >= 11 is 15.7. The molecule has 2 atom stereocenters. The monoisotopic (exact) mass is 385 g/mol. The Balaban J connectivity index is 2.19. The van der Waals surface area contributed by atoms with Crippen LogP contribution in [0, 0.1) is 0 Å². The third-order valence-electron chi connectivity index (χ3n) is 3.58. The first-order valence-electron chi connectivity index (χ1n) is 6.98. The standard InChI is InChI=1S/C17H18BrCl2N/c1-3-17(12-8-9-15(19)16(20)10-12)21-11(2)13-6-4-5-7-14(13)18/h4-11,17,21H,3H2,1-2H3/t11-,17?/m1/s1. The smallest absolute Gasteiger partial charge is 0.0595 e. The molecule has 0 amide bonds. The third kappa shape index (κ3) is 4.23. The van der Waals surface area contributed by atoms with Crippen LogP contribution in [0.25, 0.3) is 0 Å². The van der Waals surface area contributed by atoms with Crippen LogP contribution in [-0.2, 0) is 0 Å². The quantitative estimate of drug-likeness (QED) is 0.613. The predicted molar refractivity (Wildman–Crippen MR) is 95.2 cm³/mol. The van der Waals surface area contributed by atoms with Crippen molar-refractivity contribution in [1.29, 1.82) is 0 Å². The Hall–Kier alpha value is -0.540. The van der Waals surface area contributed by atoms with Crippen LogP contribution < -0.4 is 5.32 Å². The molecule has 2 aromatic carbocycles. The van der Waals surface area contributed by atoms with Gasteiger partial charge in [0.25, 0.3) is 0 Å². The summed E-state index contributed by atoms with van der Waals surface area (Å²) in [6.07, 6.45) is 0.979. The van der Waals surface area contributed by atoms with E-state index in [0.29, 0.717) is 10.0 Å². The van der Waals surface area contributed by atoms with Gasteiger partial charge in [-0.1, -0.05) is 70.3 Å². The van der Waals surface area contributed by atoms with Crippen LogP contribution in [0.1, 0.15) is 43.5 Å². The van der Waals surface area contributed by atoms with Crippen LogP contribution in [0.2, 0.25) is 10.0 Å². The summed E-state index contributed by atoms with van der Waals surface area (Å²) in [5.41, 5.74) is 2.40. The molecule has 1 nitrogen and oxygen atoms in total. The topological polar surface area (TPSA) is 12.0 Å². The summed E-state index contributed by atoms with van der Waals surface area (Å²) in [5.74, 6) is 0. The molecule has 0 aliphatic carbocycles. The van der Waals surface area contributed by atoms with Gasteiger partial charge >= 0.3 is 0 Å². The van der Waals surface area contributed by atoms with Gasteiger partial charge in [0.05, 0.1) is 10.0 Å². The lowest BCUT2D eigenvalue weighted by molar-refractivity contribution is 0.455. The Bertz CT molecular complexity index is 615. The summed E-state index contributed by atoms with van der Waals surface area (Å²) in [6.45, 7) is 4.33. The lowest BCUT2D eigenvalue weighted by Crippen LogP contribution is -2.24. The molecule has 2 aromatic rings. The van der Waals surface area contributed by atoms with Crippen molar-refractivity contribution in [3.8, 4) is 0 Å². The number of rotatable bonds is 5. The first-order valence-corrected chi connectivity index (χ1v) is 8.53. The SMILES string of the molecule is CCC(N[C@H](C)c1ccccc1Br)c1ccc(Cl)c(Cl)c1. The lowest BCUT2D eigenvalue weighted by Gasteiger charge is -2.24. The van der Waals surface area contributed by atoms with Gasteiger partial charge in [-0.3, -0.25) is 0 Å². The van der Waals surface area contributed by atoms with E-state index in [1.54, 1.807) is 0 Å². The van der Waals surface area contributed by atoms with Gasteiger partial charge in [0.2, 0.25) is 0 Å². The van der Waals surface area contributed by atoms with Crippen molar-refractivity contribution >= 4 is 39.1 Å². The lowest BCUT2D eigenvalue weighted by atomic mass is 10.0. The van der Waals surface area contributed by atoms with Crippen molar-refractivity contribution in [3.63, 3.8) is 0 Å². The number of hydrogen-bond acceptors (Lipinski definition) is 1. The molecule has 0 radical (unpaired) electrons. The number of benzene rings is 2. The van der Waals surface area contributed by atoms with Gasteiger partial charge in [0, 0.05) is 16.6 Å². The second kappa shape index (κ2) is 7.64. The van der Waals surface area contributed by atoms with Crippen molar-refractivity contribution in [3.05, 3.63) is 68.1 Å². The number of hydrogen-bond donors (Lipinski definition) is 1. The van der Waals surface area contributed by atoms with E-state index in [1.807, 2.05) is 24.3 Å². The van der Waals surface area contributed by atoms with E-state index in [1.165, 1.54) is 5.56 Å². The molecule has 0 bridgehead atoms. The minimum atomic E-state index is 0.236. The van der Waals surface area contributed by atoms with E-state index in [4.69, 9.17) is 23.2 Å². The molecule has 0 saturated heterocycles. The Morgan fingerprint density at radius 3 is 2.43 bits per heavy atom. The van der Waals surface area contributed by atoms with E-state index < -0.39 is 0 Å². The van der Waals surface area contributed by atoms with Crippen LogP contribution in [0.4, 0.5) is 0 Å². The van der Waals surface area contributed by atoms with E-state index in [2.05, 4.69) is 53.3 Å². The van der Waals surface area contributed by atoms with Gasteiger partial charge in [-0.2, -0.15) is 0 Å². The molecule has 0 spiro atoms. The molecule has 0 saturated carbocycles. The van der Waals surface area contributed by atoms with Crippen molar-refractivity contribution in [1.82, 2.24) is 5.32 Å². The highest BCUT2D eigenvalue weighted by Crippen LogP contribution is 2.30. The summed E-state index contributed by atoms with van der Waals surface area (Å²) in [6, 6.07) is 14.6. The van der Waals surface area contributed by atoms with Gasteiger partial charge in [0.1, 0.15) is 0 Å². The van der Waals surface area contributed by atoms with Gasteiger partial charge in [-0.05, 0) is 42.7 Å². The zero-order valence-corrected chi connectivity index (χ0v) is 15.1. The molecule has 1 unspecified atom stereocenters. The first kappa shape index (κ1) is 16.8. The molecular formula is C17H18BrCl2N. The molecule has 21 heavy (non-hydrogen) atoms. The fraction of sp³-hybridized carbons (Fsp3) is 0.294. The number of nitrogens with one attached hydrogen (secondary N) is 1. The maximum absolute atomic E-state index is 6.13. The maximum Gasteiger partial charge on any atom is 0.0595 e. The van der Waals surface area contributed by atoms with Crippen LogP contribution in [0.5, 0.6) is 0 Å². The first-order chi connectivity index (χ1) is 10.0. The average molecular weight is 387 g/mol. The van der Waals surface area contributed by atoms with Gasteiger partial charge < -0.3 is 5.32 Å². The van der Waals surface area contributed by atoms with Gasteiger partial charge in [-0.15, -0.1) is 0 Å². The highest BCUT2D eigenvalue weighted by atomic mass is 79.9. The van der Waals surface area contributed by atoms with Gasteiger partial charge in [0.15, 0.2) is 0 Å². The average Bonchev–Trinajstić information content (AvgIpc) is 2.48. The highest BCUT2D eigenvalue weighted by Gasteiger charge is 2.16. The maximum atomic E-state index is 6.13. The third-order valence-corrected chi connectivity index (χ3v) is 5.04. The van der Waals surface area contributed by atoms with Crippen molar-refractivity contribution in [2.75, 3.05) is 0 Å². The largest absolute Gasteiger partial charge is 0.303 e. The zero-order valence-electron chi connectivity index (χ0n) is 12.0. The van der Waals surface area contributed by atoms with Crippen LogP contribution in [-0.4, -0.2) is 0 Å². The van der Waals surface area contributed by atoms with E-state index >= 15 is 0 Å². The Morgan fingerprint density at radius 2 is 1.81 bits per heavy atom. The van der Waals surface area contributed by atoms with Crippen molar-refractivity contribution < 1.29 is 0 Å². The van der Waals surface area contributed by atoms with E-state index in [9.17, 15) is 0 Å². The molecule has 4 heteroatoms. The fourth-order valence-corrected chi connectivity index (χ4v) is 3.33. The Kier molecular flexibility index (Phi) is 6.12. The van der Waals surface area contributed by atoms with Crippen LogP contribution in [0.15, 0.2) is 46.9 Å². The summed E-state index contributed by atoms with van der Waals surface area (Å²) < 4.78 is 1.12. The molecular weight excluding hydrogens is 369 g/mol. The summed E-state index contributed by atoms with van der Waals surface area (Å²) in [7, 11) is 0. The van der Waals surface area contributed by atoms with Crippen molar-refractivity contribution in [2.45, 2.75) is 32.4 Å². The molecule has 0 aromatic heterocycles. The fourth-order valence-electron chi connectivity index (χ4n) is 2.40. The Morgan fingerprint density at radius 1 is 1.10 bits per heavy atom. The molecule has 112 valence electrons. The van der Waals surface area contributed by atoms with Crippen molar-refractivity contribution in [2.24, 2.45) is 0 Å². The molecule has 2 rings (SSSR count). The second-order valence-corrected chi connectivity index (χ2v) is 6.71. The van der Waals surface area contributed by atoms with Crippen LogP contribution >= 0.6 is 39.1 Å². The molecule has 0 fully saturated rings. The van der Waals surface area contributed by atoms with Gasteiger partial charge in [-0.25, -0.2) is 0 Å². The summed E-state index contributed by atoms with van der Waals surface area (Å²) in [4.78, 5) is 0. The normalized spacial score (nSPS) is 14.0. The van der Waals surface area contributed by atoms with E-state index in [0.717, 1.165) is 16.5 Å². The second-order valence-electron chi connectivity index (χ2n) is 5.04. The predicted octanol–water partition coefficient (Wildman–Crippen LogP) is 6.56.